The highest BCUT2D eigenvalue weighted by Gasteiger charge is 2.13. The molecule has 0 aliphatic rings. The fraction of sp³-hybridized carbons (Fsp3) is 0.111. The first kappa shape index (κ1) is 19.8. The number of imidazole rings is 1. The number of hydrogen-bond donors (Lipinski definition) is 0. The number of nitrogens with zero attached hydrogens (tertiary/aromatic N) is 6. The van der Waals surface area contributed by atoms with E-state index in [1.54, 1.807) is 35.1 Å². The average Bonchev–Trinajstić information content (AvgIpc) is 3.35. The summed E-state index contributed by atoms with van der Waals surface area (Å²) in [7, 11) is -3.25. The summed E-state index contributed by atoms with van der Waals surface area (Å²) < 4.78 is 27.9. The van der Waals surface area contributed by atoms with Gasteiger partial charge in [-0.15, -0.1) is 5.10 Å². The van der Waals surface area contributed by atoms with Gasteiger partial charge in [-0.2, -0.15) is 4.68 Å². The zero-order chi connectivity index (χ0) is 20.4. The van der Waals surface area contributed by atoms with Gasteiger partial charge < -0.3 is 0 Å². The van der Waals surface area contributed by atoms with Crippen molar-refractivity contribution in [3.05, 3.63) is 71.2 Å². The predicted molar refractivity (Wildman–Crippen MR) is 113 cm³/mol. The van der Waals surface area contributed by atoms with Crippen molar-refractivity contribution < 1.29 is 8.42 Å². The Morgan fingerprint density at radius 3 is 2.41 bits per heavy atom. The fourth-order valence-electron chi connectivity index (χ4n) is 2.65. The molecule has 4 rings (SSSR count). The molecule has 0 aliphatic carbocycles. The molecule has 0 atom stereocenters. The number of sulfone groups is 1. The summed E-state index contributed by atoms with van der Waals surface area (Å²) in [5.41, 5.74) is 1.69. The summed E-state index contributed by atoms with van der Waals surface area (Å²) >= 11 is 4.95. The van der Waals surface area contributed by atoms with Crippen molar-refractivity contribution in [2.45, 2.75) is 15.8 Å². The fourth-order valence-corrected chi connectivity index (χ4v) is 4.43. The lowest BCUT2D eigenvalue weighted by atomic mass is 10.3. The van der Waals surface area contributed by atoms with E-state index in [1.165, 1.54) is 18.0 Å². The van der Waals surface area contributed by atoms with E-state index in [2.05, 4.69) is 36.4 Å². The lowest BCUT2D eigenvalue weighted by molar-refractivity contribution is 0.602. The van der Waals surface area contributed by atoms with Crippen LogP contribution in [0.5, 0.6) is 0 Å². The van der Waals surface area contributed by atoms with E-state index in [-0.39, 0.29) is 4.90 Å². The van der Waals surface area contributed by atoms with Gasteiger partial charge in [0.15, 0.2) is 20.8 Å². The molecular formula is C18H15BrN6O2S2. The average molecular weight is 491 g/mol. The number of tetrazole rings is 1. The molecule has 0 N–H and O–H groups in total. The minimum atomic E-state index is -3.25. The SMILES string of the molecule is CS(=O)(=O)c1ccc(-n2nnnc2CSc2nccn2-c2ccc(Br)cc2)cc1. The van der Waals surface area contributed by atoms with E-state index in [0.717, 1.165) is 15.3 Å². The highest BCUT2D eigenvalue weighted by atomic mass is 79.9. The molecule has 148 valence electrons. The van der Waals surface area contributed by atoms with Crippen LogP contribution < -0.4 is 0 Å². The van der Waals surface area contributed by atoms with Crippen LogP contribution >= 0.6 is 27.7 Å². The van der Waals surface area contributed by atoms with E-state index < -0.39 is 9.84 Å². The molecule has 11 heteroatoms. The van der Waals surface area contributed by atoms with Gasteiger partial charge in [0.05, 0.1) is 16.3 Å². The second-order valence-electron chi connectivity index (χ2n) is 6.12. The van der Waals surface area contributed by atoms with Gasteiger partial charge in [-0.25, -0.2) is 13.4 Å². The van der Waals surface area contributed by atoms with Crippen molar-refractivity contribution in [2.75, 3.05) is 6.26 Å². The van der Waals surface area contributed by atoms with Crippen molar-refractivity contribution in [1.82, 2.24) is 29.8 Å². The maximum absolute atomic E-state index is 11.6. The maximum atomic E-state index is 11.6. The molecule has 29 heavy (non-hydrogen) atoms. The van der Waals surface area contributed by atoms with Crippen molar-refractivity contribution in [1.29, 1.82) is 0 Å². The zero-order valence-corrected chi connectivity index (χ0v) is 18.4. The maximum Gasteiger partial charge on any atom is 0.175 e. The van der Waals surface area contributed by atoms with Crippen molar-refractivity contribution in [2.24, 2.45) is 0 Å². The monoisotopic (exact) mass is 490 g/mol. The van der Waals surface area contributed by atoms with Crippen LogP contribution in [0, 0.1) is 0 Å². The molecule has 0 saturated carbocycles. The first-order valence-electron chi connectivity index (χ1n) is 8.42. The number of rotatable bonds is 6. The molecule has 0 radical (unpaired) electrons. The van der Waals surface area contributed by atoms with E-state index in [0.29, 0.717) is 17.3 Å². The van der Waals surface area contributed by atoms with Crippen LogP contribution in [0.15, 0.2) is 75.4 Å². The van der Waals surface area contributed by atoms with Gasteiger partial charge in [0, 0.05) is 28.8 Å². The van der Waals surface area contributed by atoms with Crippen LogP contribution in [0.25, 0.3) is 11.4 Å². The number of aromatic nitrogens is 6. The highest BCUT2D eigenvalue weighted by Crippen LogP contribution is 2.25. The Morgan fingerprint density at radius 2 is 1.72 bits per heavy atom. The third-order valence-electron chi connectivity index (χ3n) is 4.09. The Morgan fingerprint density at radius 1 is 1.03 bits per heavy atom. The molecule has 0 unspecified atom stereocenters. The Kier molecular flexibility index (Phi) is 5.52. The first-order valence-corrected chi connectivity index (χ1v) is 12.1. The highest BCUT2D eigenvalue weighted by molar-refractivity contribution is 9.10. The largest absolute Gasteiger partial charge is 0.295 e. The number of thioether (sulfide) groups is 1. The molecule has 2 aromatic carbocycles. The van der Waals surface area contributed by atoms with Crippen LogP contribution in [0.4, 0.5) is 0 Å². The summed E-state index contributed by atoms with van der Waals surface area (Å²) in [6.45, 7) is 0. The van der Waals surface area contributed by atoms with E-state index >= 15 is 0 Å². The molecule has 0 amide bonds. The minimum absolute atomic E-state index is 0.252. The van der Waals surface area contributed by atoms with Crippen LogP contribution in [0.3, 0.4) is 0 Å². The van der Waals surface area contributed by atoms with Crippen molar-refractivity contribution in [3.63, 3.8) is 0 Å². The van der Waals surface area contributed by atoms with Gasteiger partial charge in [0.1, 0.15) is 0 Å². The van der Waals surface area contributed by atoms with Crippen molar-refractivity contribution >= 4 is 37.5 Å². The Hall–Kier alpha value is -2.50. The van der Waals surface area contributed by atoms with E-state index in [9.17, 15) is 8.42 Å². The van der Waals surface area contributed by atoms with E-state index in [4.69, 9.17) is 0 Å². The lowest BCUT2D eigenvalue weighted by Gasteiger charge is -2.08. The van der Waals surface area contributed by atoms with Crippen LogP contribution in [-0.4, -0.2) is 44.4 Å². The molecule has 0 saturated heterocycles. The van der Waals surface area contributed by atoms with Gasteiger partial charge in [-0.1, -0.05) is 27.7 Å². The summed E-state index contributed by atoms with van der Waals surface area (Å²) in [4.78, 5) is 4.68. The third-order valence-corrected chi connectivity index (χ3v) is 6.71. The number of benzene rings is 2. The quantitative estimate of drug-likeness (QED) is 0.382. The van der Waals surface area contributed by atoms with Crippen LogP contribution in [0.1, 0.15) is 5.82 Å². The third kappa shape index (κ3) is 4.41. The summed E-state index contributed by atoms with van der Waals surface area (Å²) in [6, 6.07) is 14.4. The summed E-state index contributed by atoms with van der Waals surface area (Å²) in [5.74, 6) is 1.13. The van der Waals surface area contributed by atoms with Crippen LogP contribution in [0.2, 0.25) is 0 Å². The molecule has 2 aromatic heterocycles. The Balaban J connectivity index is 1.54. The number of halogens is 1. The van der Waals surface area contributed by atoms with Gasteiger partial charge >= 0.3 is 0 Å². The van der Waals surface area contributed by atoms with Gasteiger partial charge in [-0.05, 0) is 59.0 Å². The second-order valence-corrected chi connectivity index (χ2v) is 9.99. The first-order chi connectivity index (χ1) is 13.9. The van der Waals surface area contributed by atoms with Gasteiger partial charge in [0.25, 0.3) is 0 Å². The zero-order valence-electron chi connectivity index (χ0n) is 15.2. The molecule has 4 aromatic rings. The Labute approximate surface area is 180 Å². The molecule has 0 spiro atoms. The van der Waals surface area contributed by atoms with Gasteiger partial charge in [0.2, 0.25) is 0 Å². The molecular weight excluding hydrogens is 476 g/mol. The van der Waals surface area contributed by atoms with Crippen LogP contribution in [-0.2, 0) is 15.6 Å². The molecule has 0 bridgehead atoms. The molecule has 0 aliphatic heterocycles. The summed E-state index contributed by atoms with van der Waals surface area (Å²) in [6.07, 6.45) is 4.82. The molecule has 8 nitrogen and oxygen atoms in total. The molecule has 0 fully saturated rings. The summed E-state index contributed by atoms with van der Waals surface area (Å²) in [5, 5.41) is 12.7. The Bertz CT molecular complexity index is 1230. The standard InChI is InChI=1S/C18H15BrN6O2S2/c1-29(26,27)16-8-6-15(7-9-16)25-17(21-22-23-25)12-28-18-20-10-11-24(18)14-4-2-13(19)3-5-14/h2-11H,12H2,1H3. The lowest BCUT2D eigenvalue weighted by Crippen LogP contribution is -2.04. The normalized spacial score (nSPS) is 11.7. The van der Waals surface area contributed by atoms with Crippen molar-refractivity contribution in [3.8, 4) is 11.4 Å². The van der Waals surface area contributed by atoms with E-state index in [1.807, 2.05) is 35.0 Å². The smallest absolute Gasteiger partial charge is 0.175 e. The second kappa shape index (κ2) is 8.09. The number of hydrogen-bond acceptors (Lipinski definition) is 7. The molecule has 2 heterocycles. The topological polar surface area (TPSA) is 95.6 Å². The predicted octanol–water partition coefficient (Wildman–Crippen LogP) is 3.31. The minimum Gasteiger partial charge on any atom is -0.295 e. The van der Waals surface area contributed by atoms with Gasteiger partial charge in [-0.3, -0.25) is 4.57 Å².